The van der Waals surface area contributed by atoms with E-state index < -0.39 is 5.54 Å². The lowest BCUT2D eigenvalue weighted by Gasteiger charge is -2.32. The molecule has 0 saturated heterocycles. The number of unbranched alkanes of at least 4 members (excludes halogenated alkanes) is 1. The lowest BCUT2D eigenvalue weighted by Crippen LogP contribution is -2.53. The van der Waals surface area contributed by atoms with Gasteiger partial charge in [0.15, 0.2) is 5.54 Å². The average molecular weight is 279 g/mol. The fraction of sp³-hybridized carbons (Fsp3) is 0.562. The third-order valence-electron chi connectivity index (χ3n) is 3.24. The van der Waals surface area contributed by atoms with Crippen LogP contribution in [0.5, 0.6) is 0 Å². The Kier molecular flexibility index (Phi) is 7.26. The van der Waals surface area contributed by atoms with Crippen LogP contribution in [0.2, 0.25) is 0 Å². The first-order valence-electron chi connectivity index (χ1n) is 7.18. The molecular formula is C16H25NO3. The summed E-state index contributed by atoms with van der Waals surface area (Å²) >= 11 is 0. The summed E-state index contributed by atoms with van der Waals surface area (Å²) in [6.45, 7) is 5.65. The van der Waals surface area contributed by atoms with E-state index in [1.54, 1.807) is 0 Å². The van der Waals surface area contributed by atoms with Crippen LogP contribution in [0.25, 0.3) is 0 Å². The van der Waals surface area contributed by atoms with Crippen LogP contribution in [0, 0.1) is 0 Å². The van der Waals surface area contributed by atoms with Gasteiger partial charge in [0, 0.05) is 6.61 Å². The second-order valence-electron chi connectivity index (χ2n) is 4.70. The lowest BCUT2D eigenvalue weighted by molar-refractivity contribution is -0.152. The topological polar surface area (TPSA) is 47.6 Å². The normalized spacial score (nSPS) is 13.8. The highest BCUT2D eigenvalue weighted by Crippen LogP contribution is 2.23. The highest BCUT2D eigenvalue weighted by molar-refractivity contribution is 5.82. The van der Waals surface area contributed by atoms with Gasteiger partial charge in [0.1, 0.15) is 0 Å². The third kappa shape index (κ3) is 4.05. The van der Waals surface area contributed by atoms with E-state index in [1.807, 2.05) is 37.3 Å². The molecule has 0 aliphatic heterocycles. The van der Waals surface area contributed by atoms with Gasteiger partial charge in [0.2, 0.25) is 0 Å². The van der Waals surface area contributed by atoms with Crippen LogP contribution < -0.4 is 5.32 Å². The first-order chi connectivity index (χ1) is 9.71. The Morgan fingerprint density at radius 3 is 2.50 bits per heavy atom. The predicted octanol–water partition coefficient (Wildman–Crippen LogP) is 2.48. The second kappa shape index (κ2) is 8.72. The van der Waals surface area contributed by atoms with E-state index in [2.05, 4.69) is 12.2 Å². The number of ether oxygens (including phenoxy) is 2. The minimum Gasteiger partial charge on any atom is -0.467 e. The molecule has 1 rings (SSSR count). The zero-order valence-corrected chi connectivity index (χ0v) is 12.6. The summed E-state index contributed by atoms with van der Waals surface area (Å²) in [5, 5.41) is 3.24. The Morgan fingerprint density at radius 2 is 1.95 bits per heavy atom. The van der Waals surface area contributed by atoms with Gasteiger partial charge < -0.3 is 9.47 Å². The number of carbonyl (C=O) groups is 1. The second-order valence-corrected chi connectivity index (χ2v) is 4.70. The van der Waals surface area contributed by atoms with Crippen molar-refractivity contribution in [2.45, 2.75) is 32.2 Å². The van der Waals surface area contributed by atoms with Crippen LogP contribution in [0.4, 0.5) is 0 Å². The number of methoxy groups -OCH3 is 1. The number of hydrogen-bond acceptors (Lipinski definition) is 4. The first kappa shape index (κ1) is 16.7. The van der Waals surface area contributed by atoms with Crippen molar-refractivity contribution in [3.05, 3.63) is 35.9 Å². The summed E-state index contributed by atoms with van der Waals surface area (Å²) in [7, 11) is 1.41. The molecule has 1 N–H and O–H groups in total. The maximum atomic E-state index is 12.3. The zero-order valence-electron chi connectivity index (χ0n) is 12.6. The van der Waals surface area contributed by atoms with Crippen molar-refractivity contribution in [1.29, 1.82) is 0 Å². The van der Waals surface area contributed by atoms with Crippen LogP contribution in [0.3, 0.4) is 0 Å². The first-order valence-corrected chi connectivity index (χ1v) is 7.18. The van der Waals surface area contributed by atoms with Crippen LogP contribution >= 0.6 is 0 Å². The summed E-state index contributed by atoms with van der Waals surface area (Å²) in [5.41, 5.74) is -0.0661. The smallest absolute Gasteiger partial charge is 0.333 e. The molecule has 1 aromatic carbocycles. The Morgan fingerprint density at radius 1 is 1.25 bits per heavy atom. The standard InChI is InChI=1S/C16H25NO3/c1-4-6-12-20-13-16(17-5-2,15(18)19-3)14-10-8-7-9-11-14/h7-11,17H,4-6,12-13H2,1-3H3. The lowest BCUT2D eigenvalue weighted by atomic mass is 9.90. The fourth-order valence-corrected chi connectivity index (χ4v) is 2.16. The number of nitrogens with one attached hydrogen (secondary N) is 1. The van der Waals surface area contributed by atoms with Crippen molar-refractivity contribution in [3.63, 3.8) is 0 Å². The number of esters is 1. The van der Waals surface area contributed by atoms with Gasteiger partial charge in [0.05, 0.1) is 13.7 Å². The summed E-state index contributed by atoms with van der Waals surface area (Å²) in [6.07, 6.45) is 2.05. The minimum absolute atomic E-state index is 0.275. The van der Waals surface area contributed by atoms with Crippen molar-refractivity contribution in [2.75, 3.05) is 26.9 Å². The molecule has 0 amide bonds. The molecule has 4 nitrogen and oxygen atoms in total. The van der Waals surface area contributed by atoms with Crippen molar-refractivity contribution < 1.29 is 14.3 Å². The molecule has 0 aliphatic carbocycles. The molecule has 1 unspecified atom stereocenters. The molecule has 112 valence electrons. The summed E-state index contributed by atoms with van der Waals surface area (Å²) in [5.74, 6) is -0.318. The van der Waals surface area contributed by atoms with Crippen LogP contribution in [0.15, 0.2) is 30.3 Å². The van der Waals surface area contributed by atoms with E-state index in [0.717, 1.165) is 18.4 Å². The Balaban J connectivity index is 2.98. The Bertz CT molecular complexity index is 394. The van der Waals surface area contributed by atoms with Gasteiger partial charge in [-0.05, 0) is 18.5 Å². The average Bonchev–Trinajstić information content (AvgIpc) is 2.50. The maximum absolute atomic E-state index is 12.3. The van der Waals surface area contributed by atoms with Crippen molar-refractivity contribution in [1.82, 2.24) is 5.32 Å². The minimum atomic E-state index is -0.932. The van der Waals surface area contributed by atoms with Crippen LogP contribution in [-0.4, -0.2) is 32.8 Å². The third-order valence-corrected chi connectivity index (χ3v) is 3.24. The zero-order chi connectivity index (χ0) is 14.8. The Labute approximate surface area is 121 Å². The van der Waals surface area contributed by atoms with E-state index >= 15 is 0 Å². The van der Waals surface area contributed by atoms with E-state index in [4.69, 9.17) is 9.47 Å². The van der Waals surface area contributed by atoms with Crippen molar-refractivity contribution >= 4 is 5.97 Å². The molecule has 0 aliphatic rings. The number of carbonyl (C=O) groups excluding carboxylic acids is 1. The maximum Gasteiger partial charge on any atom is 0.333 e. The molecule has 0 fully saturated rings. The van der Waals surface area contributed by atoms with Gasteiger partial charge >= 0.3 is 5.97 Å². The monoisotopic (exact) mass is 279 g/mol. The van der Waals surface area contributed by atoms with Crippen LogP contribution in [0.1, 0.15) is 32.3 Å². The fourth-order valence-electron chi connectivity index (χ4n) is 2.16. The van der Waals surface area contributed by atoms with E-state index in [1.165, 1.54) is 7.11 Å². The van der Waals surface area contributed by atoms with Crippen molar-refractivity contribution in [2.24, 2.45) is 0 Å². The molecule has 4 heteroatoms. The number of likely N-dealkylation sites (N-methyl/N-ethyl adjacent to an activating group) is 1. The van der Waals surface area contributed by atoms with Gasteiger partial charge in [-0.25, -0.2) is 4.79 Å². The van der Waals surface area contributed by atoms with E-state index in [0.29, 0.717) is 13.2 Å². The summed E-state index contributed by atoms with van der Waals surface area (Å²) in [6, 6.07) is 9.59. The van der Waals surface area contributed by atoms with Gasteiger partial charge in [-0.3, -0.25) is 5.32 Å². The summed E-state index contributed by atoms with van der Waals surface area (Å²) in [4.78, 5) is 12.3. The highest BCUT2D eigenvalue weighted by Gasteiger charge is 2.41. The Hall–Kier alpha value is -1.39. The SMILES string of the molecule is CCCCOCC(NCC)(C(=O)OC)c1ccccc1. The van der Waals surface area contributed by atoms with E-state index in [9.17, 15) is 4.79 Å². The molecular weight excluding hydrogens is 254 g/mol. The molecule has 0 radical (unpaired) electrons. The van der Waals surface area contributed by atoms with Gasteiger partial charge in [-0.2, -0.15) is 0 Å². The highest BCUT2D eigenvalue weighted by atomic mass is 16.5. The number of benzene rings is 1. The molecule has 1 aromatic rings. The molecule has 20 heavy (non-hydrogen) atoms. The molecule has 0 saturated carbocycles. The molecule has 0 spiro atoms. The quantitative estimate of drug-likeness (QED) is 0.557. The molecule has 1 atom stereocenters. The molecule has 0 bridgehead atoms. The van der Waals surface area contributed by atoms with Gasteiger partial charge in [0.25, 0.3) is 0 Å². The molecule has 0 heterocycles. The van der Waals surface area contributed by atoms with Crippen LogP contribution in [-0.2, 0) is 19.8 Å². The summed E-state index contributed by atoms with van der Waals surface area (Å²) < 4.78 is 10.7. The molecule has 0 aromatic heterocycles. The largest absolute Gasteiger partial charge is 0.467 e. The number of rotatable bonds is 9. The predicted molar refractivity (Wildman–Crippen MR) is 79.5 cm³/mol. The van der Waals surface area contributed by atoms with E-state index in [-0.39, 0.29) is 12.6 Å². The number of hydrogen-bond donors (Lipinski definition) is 1. The van der Waals surface area contributed by atoms with Gasteiger partial charge in [-0.1, -0.05) is 50.6 Å². The van der Waals surface area contributed by atoms with Gasteiger partial charge in [-0.15, -0.1) is 0 Å². The van der Waals surface area contributed by atoms with Crippen molar-refractivity contribution in [3.8, 4) is 0 Å².